The summed E-state index contributed by atoms with van der Waals surface area (Å²) in [6, 6.07) is 9.22. The van der Waals surface area contributed by atoms with Gasteiger partial charge in [-0.2, -0.15) is 0 Å². The van der Waals surface area contributed by atoms with Crippen LogP contribution in [-0.2, 0) is 0 Å². The Labute approximate surface area is 141 Å². The number of nitrogens with zero attached hydrogens (tertiary/aromatic N) is 1. The molecule has 0 radical (unpaired) electrons. The van der Waals surface area contributed by atoms with Crippen LogP contribution in [0.2, 0.25) is 0 Å². The summed E-state index contributed by atoms with van der Waals surface area (Å²) in [5.74, 6) is 0.974. The van der Waals surface area contributed by atoms with Gasteiger partial charge in [-0.1, -0.05) is 25.5 Å². The molecule has 1 aliphatic rings. The van der Waals surface area contributed by atoms with E-state index in [9.17, 15) is 0 Å². The van der Waals surface area contributed by atoms with Gasteiger partial charge in [0.1, 0.15) is 5.75 Å². The van der Waals surface area contributed by atoms with Crippen LogP contribution in [0.1, 0.15) is 38.3 Å². The molecule has 1 saturated heterocycles. The molecule has 0 bridgehead atoms. The van der Waals surface area contributed by atoms with Crippen molar-refractivity contribution in [1.82, 2.24) is 10.2 Å². The number of halogens is 2. The minimum absolute atomic E-state index is 0. The lowest BCUT2D eigenvalue weighted by Crippen LogP contribution is -2.45. The standard InChI is InChI=1S/C16H26N2O.2ClH/c1-3-5-16(18-12-10-17-11-13-18)14-6-8-15(9-7-14)19-4-2;;/h6-9,16-17H,3-5,10-13H2,1-2H3;2*1H/t16-;;/m1../s1. The predicted molar refractivity (Wildman–Crippen MR) is 94.2 cm³/mol. The Hall–Kier alpha value is -0.480. The van der Waals surface area contributed by atoms with Crippen molar-refractivity contribution < 1.29 is 4.74 Å². The number of hydrogen-bond acceptors (Lipinski definition) is 3. The molecule has 1 aliphatic heterocycles. The summed E-state index contributed by atoms with van der Waals surface area (Å²) in [7, 11) is 0. The number of ether oxygens (including phenoxy) is 1. The fraction of sp³-hybridized carbons (Fsp3) is 0.625. The first-order valence-electron chi connectivity index (χ1n) is 7.52. The highest BCUT2D eigenvalue weighted by atomic mass is 35.5. The molecule has 0 amide bonds. The van der Waals surface area contributed by atoms with Crippen LogP contribution < -0.4 is 10.1 Å². The van der Waals surface area contributed by atoms with Crippen molar-refractivity contribution in [3.63, 3.8) is 0 Å². The van der Waals surface area contributed by atoms with E-state index >= 15 is 0 Å². The fourth-order valence-electron chi connectivity index (χ4n) is 2.78. The van der Waals surface area contributed by atoms with Gasteiger partial charge in [0.05, 0.1) is 6.61 Å². The van der Waals surface area contributed by atoms with Crippen LogP contribution in [-0.4, -0.2) is 37.7 Å². The number of benzene rings is 1. The molecule has 1 heterocycles. The molecule has 5 heteroatoms. The third-order valence-electron chi connectivity index (χ3n) is 3.73. The smallest absolute Gasteiger partial charge is 0.119 e. The lowest BCUT2D eigenvalue weighted by Gasteiger charge is -2.35. The Kier molecular flexibility index (Phi) is 10.9. The highest BCUT2D eigenvalue weighted by molar-refractivity contribution is 5.85. The van der Waals surface area contributed by atoms with E-state index in [1.807, 2.05) is 6.92 Å². The van der Waals surface area contributed by atoms with Gasteiger partial charge in [0.15, 0.2) is 0 Å². The van der Waals surface area contributed by atoms with Crippen molar-refractivity contribution in [2.45, 2.75) is 32.7 Å². The minimum atomic E-state index is 0. The van der Waals surface area contributed by atoms with E-state index in [-0.39, 0.29) is 24.8 Å². The molecule has 1 aromatic rings. The fourth-order valence-corrected chi connectivity index (χ4v) is 2.78. The van der Waals surface area contributed by atoms with Crippen molar-refractivity contribution in [3.05, 3.63) is 29.8 Å². The molecule has 1 aromatic carbocycles. The molecule has 1 atom stereocenters. The summed E-state index contributed by atoms with van der Waals surface area (Å²) in [6.07, 6.45) is 2.45. The minimum Gasteiger partial charge on any atom is -0.494 e. The van der Waals surface area contributed by atoms with Crippen molar-refractivity contribution in [3.8, 4) is 5.75 Å². The second kappa shape index (κ2) is 11.1. The number of piperazine rings is 1. The molecule has 0 unspecified atom stereocenters. The van der Waals surface area contributed by atoms with Crippen molar-refractivity contribution in [2.24, 2.45) is 0 Å². The number of rotatable bonds is 6. The van der Waals surface area contributed by atoms with Crippen LogP contribution >= 0.6 is 24.8 Å². The quantitative estimate of drug-likeness (QED) is 0.858. The summed E-state index contributed by atoms with van der Waals surface area (Å²) in [5.41, 5.74) is 1.42. The highest BCUT2D eigenvalue weighted by Gasteiger charge is 2.21. The molecule has 0 saturated carbocycles. The van der Waals surface area contributed by atoms with E-state index in [1.165, 1.54) is 18.4 Å². The number of nitrogens with one attached hydrogen (secondary N) is 1. The number of hydrogen-bond donors (Lipinski definition) is 1. The van der Waals surface area contributed by atoms with E-state index in [0.717, 1.165) is 38.5 Å². The van der Waals surface area contributed by atoms with Gasteiger partial charge in [-0.25, -0.2) is 0 Å². The zero-order valence-electron chi connectivity index (χ0n) is 13.0. The van der Waals surface area contributed by atoms with Crippen molar-refractivity contribution >= 4 is 24.8 Å². The van der Waals surface area contributed by atoms with Gasteiger partial charge in [0.25, 0.3) is 0 Å². The third-order valence-corrected chi connectivity index (χ3v) is 3.73. The van der Waals surface area contributed by atoms with Gasteiger partial charge in [-0.15, -0.1) is 24.8 Å². The lowest BCUT2D eigenvalue weighted by molar-refractivity contribution is 0.164. The highest BCUT2D eigenvalue weighted by Crippen LogP contribution is 2.27. The Morgan fingerprint density at radius 1 is 1.10 bits per heavy atom. The third kappa shape index (κ3) is 6.03. The van der Waals surface area contributed by atoms with Crippen LogP contribution in [0, 0.1) is 0 Å². The van der Waals surface area contributed by atoms with Gasteiger partial charge in [0, 0.05) is 32.2 Å². The van der Waals surface area contributed by atoms with Crippen LogP contribution in [0.5, 0.6) is 5.75 Å². The zero-order valence-corrected chi connectivity index (χ0v) is 14.6. The first kappa shape index (κ1) is 20.5. The average Bonchev–Trinajstić information content (AvgIpc) is 2.47. The van der Waals surface area contributed by atoms with E-state index in [1.54, 1.807) is 0 Å². The Bertz CT molecular complexity index is 367. The van der Waals surface area contributed by atoms with Gasteiger partial charge in [-0.05, 0) is 31.0 Å². The molecule has 21 heavy (non-hydrogen) atoms. The molecular formula is C16H28Cl2N2O. The molecule has 122 valence electrons. The monoisotopic (exact) mass is 334 g/mol. The Balaban J connectivity index is 0.00000200. The van der Waals surface area contributed by atoms with Crippen molar-refractivity contribution in [1.29, 1.82) is 0 Å². The second-order valence-electron chi connectivity index (χ2n) is 5.09. The first-order valence-corrected chi connectivity index (χ1v) is 7.52. The van der Waals surface area contributed by atoms with Gasteiger partial charge >= 0.3 is 0 Å². The molecule has 0 aliphatic carbocycles. The van der Waals surface area contributed by atoms with Crippen LogP contribution in [0.4, 0.5) is 0 Å². The molecule has 1 N–H and O–H groups in total. The van der Waals surface area contributed by atoms with Crippen molar-refractivity contribution in [2.75, 3.05) is 32.8 Å². The molecule has 0 aromatic heterocycles. The van der Waals surface area contributed by atoms with Crippen LogP contribution in [0.15, 0.2) is 24.3 Å². The molecule has 1 fully saturated rings. The molecule has 3 nitrogen and oxygen atoms in total. The van der Waals surface area contributed by atoms with Gasteiger partial charge in [0.2, 0.25) is 0 Å². The Morgan fingerprint density at radius 2 is 1.71 bits per heavy atom. The van der Waals surface area contributed by atoms with E-state index < -0.39 is 0 Å². The summed E-state index contributed by atoms with van der Waals surface area (Å²) >= 11 is 0. The summed E-state index contributed by atoms with van der Waals surface area (Å²) in [5, 5.41) is 3.43. The van der Waals surface area contributed by atoms with Crippen LogP contribution in [0.25, 0.3) is 0 Å². The predicted octanol–water partition coefficient (Wildman–Crippen LogP) is 3.68. The summed E-state index contributed by atoms with van der Waals surface area (Å²) < 4.78 is 5.52. The molecule has 0 spiro atoms. The SMILES string of the molecule is CCC[C@H](c1ccc(OCC)cc1)N1CCNCC1.Cl.Cl. The zero-order chi connectivity index (χ0) is 13.5. The Morgan fingerprint density at radius 3 is 2.24 bits per heavy atom. The maximum atomic E-state index is 5.52. The van der Waals surface area contributed by atoms with E-state index in [4.69, 9.17) is 4.74 Å². The lowest BCUT2D eigenvalue weighted by atomic mass is 10.00. The largest absolute Gasteiger partial charge is 0.494 e. The summed E-state index contributed by atoms with van der Waals surface area (Å²) in [6.45, 7) is 9.54. The first-order chi connectivity index (χ1) is 9.35. The molecular weight excluding hydrogens is 307 g/mol. The topological polar surface area (TPSA) is 24.5 Å². The maximum Gasteiger partial charge on any atom is 0.119 e. The van der Waals surface area contributed by atoms with Gasteiger partial charge < -0.3 is 10.1 Å². The molecule has 2 rings (SSSR count). The van der Waals surface area contributed by atoms with Gasteiger partial charge in [-0.3, -0.25) is 4.90 Å². The van der Waals surface area contributed by atoms with Crippen LogP contribution in [0.3, 0.4) is 0 Å². The second-order valence-corrected chi connectivity index (χ2v) is 5.09. The summed E-state index contributed by atoms with van der Waals surface area (Å²) in [4.78, 5) is 2.61. The van der Waals surface area contributed by atoms with E-state index in [0.29, 0.717) is 6.04 Å². The van der Waals surface area contributed by atoms with E-state index in [2.05, 4.69) is 41.4 Å². The average molecular weight is 335 g/mol. The normalized spacial score (nSPS) is 16.5. The maximum absolute atomic E-state index is 5.52.